The maximum absolute atomic E-state index is 10.3. The number of carbonyl (C=O) groups is 1. The van der Waals surface area contributed by atoms with Crippen molar-refractivity contribution in [3.05, 3.63) is 12.2 Å². The number of carbonyl (C=O) groups excluding carboxylic acids is 1. The van der Waals surface area contributed by atoms with Gasteiger partial charge >= 0.3 is 0 Å². The van der Waals surface area contributed by atoms with Gasteiger partial charge in [-0.15, -0.1) is 0 Å². The first-order valence-electron chi connectivity index (χ1n) is 3.55. The van der Waals surface area contributed by atoms with E-state index in [9.17, 15) is 4.79 Å². The predicted octanol–water partition coefficient (Wildman–Crippen LogP) is -0.0441. The number of nitrogens with two attached hydrogens (primary N) is 1. The number of nitrogens with one attached hydrogen (secondary N) is 1. The molecule has 0 aromatic carbocycles. The molecule has 11 heavy (non-hydrogen) atoms. The second-order valence-electron chi connectivity index (χ2n) is 2.63. The molecule has 1 amide bonds. The van der Waals surface area contributed by atoms with E-state index >= 15 is 0 Å². The van der Waals surface area contributed by atoms with Crippen LogP contribution < -0.4 is 11.1 Å². The Labute approximate surface area is 71.4 Å². The van der Waals surface area contributed by atoms with E-state index in [2.05, 4.69) is 5.32 Å². The Morgan fingerprint density at radius 1 is 1.73 bits per heavy atom. The topological polar surface area (TPSA) is 55.1 Å². The molecule has 1 heterocycles. The van der Waals surface area contributed by atoms with Crippen LogP contribution in [0.5, 0.6) is 0 Å². The number of rotatable bonds is 2. The zero-order valence-electron chi connectivity index (χ0n) is 6.12. The average molecular weight is 171 g/mol. The van der Waals surface area contributed by atoms with Crippen LogP contribution in [0.4, 0.5) is 0 Å². The van der Waals surface area contributed by atoms with Gasteiger partial charge in [0.1, 0.15) is 0 Å². The summed E-state index contributed by atoms with van der Waals surface area (Å²) in [6.07, 6.45) is 4.07. The smallest absolute Gasteiger partial charge is 0.241 e. The maximum atomic E-state index is 10.3. The summed E-state index contributed by atoms with van der Waals surface area (Å²) < 4.78 is 0. The van der Waals surface area contributed by atoms with Crippen LogP contribution in [-0.4, -0.2) is 23.7 Å². The molecule has 1 radical (unpaired) electrons. The molecule has 0 aliphatic carbocycles. The van der Waals surface area contributed by atoms with Gasteiger partial charge < -0.3 is 11.1 Å². The van der Waals surface area contributed by atoms with Crippen LogP contribution in [0, 0.1) is 0 Å². The van der Waals surface area contributed by atoms with Gasteiger partial charge in [-0.05, 0) is 6.42 Å². The van der Waals surface area contributed by atoms with E-state index in [1.54, 1.807) is 6.08 Å². The largest absolute Gasteiger partial charge is 0.366 e. The lowest BCUT2D eigenvalue weighted by Gasteiger charge is -2.00. The van der Waals surface area contributed by atoms with Gasteiger partial charge in [-0.1, -0.05) is 18.7 Å². The summed E-state index contributed by atoms with van der Waals surface area (Å²) >= 11 is 5.05. The lowest BCUT2D eigenvalue weighted by molar-refractivity contribution is -0.113. The van der Waals surface area contributed by atoms with Gasteiger partial charge in [0.2, 0.25) is 5.91 Å². The van der Waals surface area contributed by atoms with Gasteiger partial charge in [-0.3, -0.25) is 4.79 Å². The highest BCUT2D eigenvalue weighted by atomic mass is 32.1. The summed E-state index contributed by atoms with van der Waals surface area (Å²) in [6, 6.07) is 0.241. The van der Waals surface area contributed by atoms with E-state index in [1.165, 1.54) is 6.08 Å². The normalized spacial score (nSPS) is 31.4. The van der Waals surface area contributed by atoms with Gasteiger partial charge in [0.05, 0.1) is 0 Å². The lowest BCUT2D eigenvalue weighted by atomic mass is 10.2. The lowest BCUT2D eigenvalue weighted by Crippen LogP contribution is -2.19. The van der Waals surface area contributed by atoms with Crippen molar-refractivity contribution in [2.45, 2.75) is 17.7 Å². The molecule has 1 saturated heterocycles. The average Bonchev–Trinajstić information content (AvgIpc) is 2.31. The summed E-state index contributed by atoms with van der Waals surface area (Å²) in [5, 5.41) is 3.45. The molecule has 0 aromatic heterocycles. The Morgan fingerprint density at radius 3 is 2.91 bits per heavy atom. The first-order valence-corrected chi connectivity index (χ1v) is 4.02. The molecule has 1 aliphatic rings. The minimum absolute atomic E-state index is 0.241. The number of primary amides is 1. The zero-order valence-corrected chi connectivity index (χ0v) is 6.93. The highest BCUT2D eigenvalue weighted by Crippen LogP contribution is 2.12. The summed E-state index contributed by atoms with van der Waals surface area (Å²) in [6.45, 7) is 0.850. The molecule has 1 rings (SSSR count). The van der Waals surface area contributed by atoms with E-state index in [0.717, 1.165) is 13.0 Å². The Morgan fingerprint density at radius 2 is 2.45 bits per heavy atom. The van der Waals surface area contributed by atoms with Gasteiger partial charge in [0.25, 0.3) is 0 Å². The Kier molecular flexibility index (Phi) is 2.96. The molecule has 3 N–H and O–H groups in total. The first kappa shape index (κ1) is 8.62. The van der Waals surface area contributed by atoms with E-state index in [1.807, 2.05) is 0 Å². The molecule has 0 spiro atoms. The molecule has 61 valence electrons. The van der Waals surface area contributed by atoms with Crippen molar-refractivity contribution in [2.75, 3.05) is 6.54 Å². The quantitative estimate of drug-likeness (QED) is 0.573. The first-order chi connectivity index (χ1) is 5.18. The summed E-state index contributed by atoms with van der Waals surface area (Å²) in [5.74, 6) is -0.403. The summed E-state index contributed by atoms with van der Waals surface area (Å²) in [4.78, 5) is 10.3. The van der Waals surface area contributed by atoms with Gasteiger partial charge in [0, 0.05) is 23.9 Å². The predicted molar refractivity (Wildman–Crippen MR) is 46.1 cm³/mol. The second kappa shape index (κ2) is 3.78. The third-order valence-electron chi connectivity index (χ3n) is 1.62. The number of hydrogen-bond donors (Lipinski definition) is 2. The highest BCUT2D eigenvalue weighted by Gasteiger charge is 2.18. The van der Waals surface area contributed by atoms with Crippen LogP contribution in [0.25, 0.3) is 0 Å². The summed E-state index contributed by atoms with van der Waals surface area (Å²) in [7, 11) is 0. The van der Waals surface area contributed by atoms with Crippen molar-refractivity contribution < 1.29 is 4.79 Å². The highest BCUT2D eigenvalue weighted by molar-refractivity contribution is 7.81. The fourth-order valence-corrected chi connectivity index (χ4v) is 1.39. The van der Waals surface area contributed by atoms with Crippen LogP contribution >= 0.6 is 12.6 Å². The molecule has 2 unspecified atom stereocenters. The standard InChI is InChI=1S/C7H11N2OS/c8-7(10)2-1-5-3-6(11)4-9-5/h1-2,5-6,9H,3-4H2,(H2,8,10)/b2-1+. The molecule has 1 fully saturated rings. The van der Waals surface area contributed by atoms with Gasteiger partial charge in [-0.25, -0.2) is 0 Å². The van der Waals surface area contributed by atoms with E-state index in [4.69, 9.17) is 18.4 Å². The fourth-order valence-electron chi connectivity index (χ4n) is 1.09. The van der Waals surface area contributed by atoms with Crippen molar-refractivity contribution in [2.24, 2.45) is 5.73 Å². The molecule has 2 atom stereocenters. The molecule has 0 bridgehead atoms. The Balaban J connectivity index is 2.33. The molecule has 0 saturated carbocycles. The van der Waals surface area contributed by atoms with Crippen molar-refractivity contribution >= 4 is 18.5 Å². The third kappa shape index (κ3) is 2.95. The SMILES string of the molecule is NC(=O)/C=C/C1CC([S])CN1. The van der Waals surface area contributed by atoms with E-state index in [-0.39, 0.29) is 11.3 Å². The minimum Gasteiger partial charge on any atom is -0.366 e. The van der Waals surface area contributed by atoms with Crippen molar-refractivity contribution in [3.63, 3.8) is 0 Å². The number of amides is 1. The van der Waals surface area contributed by atoms with Crippen molar-refractivity contribution in [1.29, 1.82) is 0 Å². The monoisotopic (exact) mass is 171 g/mol. The minimum atomic E-state index is -0.403. The van der Waals surface area contributed by atoms with Crippen LogP contribution in [0.3, 0.4) is 0 Å². The van der Waals surface area contributed by atoms with Crippen LogP contribution in [0.15, 0.2) is 12.2 Å². The zero-order chi connectivity index (χ0) is 8.27. The molecular formula is C7H11N2OS. The molecule has 0 aromatic rings. The molecule has 1 aliphatic heterocycles. The van der Waals surface area contributed by atoms with Gasteiger partial charge in [0.15, 0.2) is 0 Å². The second-order valence-corrected chi connectivity index (χ2v) is 3.30. The van der Waals surface area contributed by atoms with Crippen LogP contribution in [0.2, 0.25) is 0 Å². The Hall–Kier alpha value is -0.480. The van der Waals surface area contributed by atoms with E-state index < -0.39 is 5.91 Å². The van der Waals surface area contributed by atoms with Crippen LogP contribution in [0.1, 0.15) is 6.42 Å². The van der Waals surface area contributed by atoms with Gasteiger partial charge in [-0.2, -0.15) is 0 Å². The number of hydrogen-bond acceptors (Lipinski definition) is 2. The molecule has 3 nitrogen and oxygen atoms in total. The maximum Gasteiger partial charge on any atom is 0.241 e. The molecular weight excluding hydrogens is 160 g/mol. The van der Waals surface area contributed by atoms with Crippen LogP contribution in [-0.2, 0) is 4.79 Å². The summed E-state index contributed by atoms with van der Waals surface area (Å²) in [5.41, 5.74) is 4.93. The van der Waals surface area contributed by atoms with E-state index in [0.29, 0.717) is 0 Å². The Bertz CT molecular complexity index is 181. The van der Waals surface area contributed by atoms with Crippen molar-refractivity contribution in [1.82, 2.24) is 5.32 Å². The molecule has 4 heteroatoms. The third-order valence-corrected chi connectivity index (χ3v) is 1.98. The van der Waals surface area contributed by atoms with Crippen molar-refractivity contribution in [3.8, 4) is 0 Å². The fraction of sp³-hybridized carbons (Fsp3) is 0.571.